The summed E-state index contributed by atoms with van der Waals surface area (Å²) in [5.74, 6) is 0.298. The van der Waals surface area contributed by atoms with E-state index in [1.807, 2.05) is 13.0 Å². The molecular weight excluding hydrogens is 374 g/mol. The lowest BCUT2D eigenvalue weighted by atomic mass is 10.2. The lowest BCUT2D eigenvalue weighted by Crippen LogP contribution is -2.25. The van der Waals surface area contributed by atoms with Crippen molar-refractivity contribution in [2.75, 3.05) is 18.6 Å². The van der Waals surface area contributed by atoms with E-state index >= 15 is 0 Å². The van der Waals surface area contributed by atoms with E-state index in [2.05, 4.69) is 15.5 Å². The molecule has 0 saturated carbocycles. The molecule has 0 unspecified atom stereocenters. The number of non-ortho nitro benzene ring substituents is 1. The molecule has 0 spiro atoms. The number of nitro groups is 1. The fourth-order valence-electron chi connectivity index (χ4n) is 2.81. The highest BCUT2D eigenvalue weighted by Crippen LogP contribution is 2.13. The Balaban J connectivity index is 1.87. The van der Waals surface area contributed by atoms with Crippen molar-refractivity contribution in [3.8, 4) is 0 Å². The smallest absolute Gasteiger partial charge is 0.270 e. The van der Waals surface area contributed by atoms with Crippen molar-refractivity contribution in [2.24, 2.45) is 5.10 Å². The van der Waals surface area contributed by atoms with Crippen LogP contribution in [-0.4, -0.2) is 33.9 Å². The predicted molar refractivity (Wildman–Crippen MR) is 111 cm³/mol. The van der Waals surface area contributed by atoms with Crippen LogP contribution in [0, 0.1) is 10.1 Å². The minimum atomic E-state index is -0.467. The molecule has 1 heterocycles. The summed E-state index contributed by atoms with van der Waals surface area (Å²) in [5, 5.41) is 15.5. The predicted octanol–water partition coefficient (Wildman–Crippen LogP) is 3.18. The van der Waals surface area contributed by atoms with E-state index < -0.39 is 4.92 Å². The van der Waals surface area contributed by atoms with Crippen molar-refractivity contribution in [3.63, 3.8) is 0 Å². The number of nitrogens with one attached hydrogen (secondary N) is 1. The molecule has 3 rings (SSSR count). The Morgan fingerprint density at radius 1 is 1.28 bits per heavy atom. The van der Waals surface area contributed by atoms with Gasteiger partial charge >= 0.3 is 0 Å². The Labute approximate surface area is 166 Å². The van der Waals surface area contributed by atoms with Crippen molar-refractivity contribution in [1.29, 1.82) is 0 Å². The molecule has 3 aromatic rings. The molecule has 150 valence electrons. The number of ether oxygens (including phenoxy) is 1. The Hall–Kier alpha value is -3.59. The van der Waals surface area contributed by atoms with Crippen LogP contribution in [-0.2, 0) is 11.3 Å². The highest BCUT2D eigenvalue weighted by Gasteiger charge is 2.10. The number of nitro benzene ring substituents is 1. The molecule has 0 aliphatic rings. The van der Waals surface area contributed by atoms with Crippen LogP contribution in [0.4, 0.5) is 11.6 Å². The first kappa shape index (κ1) is 20.2. The SMILES string of the molecule is CCOCCCn1c(N/N=C\c2cccc([N+](=O)[O-])c2)nc2ccccc2c1=O. The number of fused-ring (bicyclic) bond motifs is 1. The number of hydrazone groups is 1. The topological polar surface area (TPSA) is 112 Å². The van der Waals surface area contributed by atoms with Gasteiger partial charge in [-0.3, -0.25) is 19.5 Å². The highest BCUT2D eigenvalue weighted by molar-refractivity contribution is 5.81. The maximum Gasteiger partial charge on any atom is 0.270 e. The number of hydrogen-bond acceptors (Lipinski definition) is 7. The van der Waals surface area contributed by atoms with Crippen LogP contribution in [0.2, 0.25) is 0 Å². The Bertz CT molecular complexity index is 1090. The van der Waals surface area contributed by atoms with Crippen LogP contribution in [0.3, 0.4) is 0 Å². The summed E-state index contributed by atoms with van der Waals surface area (Å²) in [4.78, 5) is 27.8. The number of anilines is 1. The zero-order valence-corrected chi connectivity index (χ0v) is 15.9. The van der Waals surface area contributed by atoms with Crippen molar-refractivity contribution < 1.29 is 9.66 Å². The van der Waals surface area contributed by atoms with Crippen molar-refractivity contribution in [2.45, 2.75) is 19.9 Å². The zero-order valence-electron chi connectivity index (χ0n) is 15.9. The first-order chi connectivity index (χ1) is 14.1. The molecule has 0 aliphatic carbocycles. The maximum absolute atomic E-state index is 12.9. The molecule has 1 aromatic heterocycles. The van der Waals surface area contributed by atoms with Crippen LogP contribution in [0.5, 0.6) is 0 Å². The van der Waals surface area contributed by atoms with E-state index in [9.17, 15) is 14.9 Å². The molecule has 2 aromatic carbocycles. The van der Waals surface area contributed by atoms with Gasteiger partial charge in [-0.05, 0) is 25.5 Å². The largest absolute Gasteiger partial charge is 0.382 e. The molecule has 0 radical (unpaired) electrons. The average molecular weight is 395 g/mol. The van der Waals surface area contributed by atoms with Crippen LogP contribution < -0.4 is 11.0 Å². The fourth-order valence-corrected chi connectivity index (χ4v) is 2.81. The molecule has 0 fully saturated rings. The van der Waals surface area contributed by atoms with Gasteiger partial charge in [0.25, 0.3) is 11.2 Å². The minimum absolute atomic E-state index is 0.0226. The van der Waals surface area contributed by atoms with Gasteiger partial charge < -0.3 is 4.74 Å². The third kappa shape index (κ3) is 5.02. The highest BCUT2D eigenvalue weighted by atomic mass is 16.6. The Kier molecular flexibility index (Phi) is 6.64. The maximum atomic E-state index is 12.9. The van der Waals surface area contributed by atoms with Gasteiger partial charge in [-0.25, -0.2) is 10.4 Å². The van der Waals surface area contributed by atoms with E-state index in [1.54, 1.807) is 30.3 Å². The van der Waals surface area contributed by atoms with Gasteiger partial charge in [0.2, 0.25) is 5.95 Å². The first-order valence-electron chi connectivity index (χ1n) is 9.21. The average Bonchev–Trinajstić information content (AvgIpc) is 2.73. The standard InChI is InChI=1S/C20H21N5O4/c1-2-29-12-6-11-24-19(26)17-9-3-4-10-18(17)22-20(24)23-21-14-15-7-5-8-16(13-15)25(27)28/h3-5,7-10,13-14H,2,6,11-12H2,1H3,(H,22,23)/b21-14-. The number of rotatable bonds is 9. The summed E-state index contributed by atoms with van der Waals surface area (Å²) < 4.78 is 6.87. The third-order valence-electron chi connectivity index (χ3n) is 4.20. The number of nitrogens with zero attached hydrogens (tertiary/aromatic N) is 4. The summed E-state index contributed by atoms with van der Waals surface area (Å²) >= 11 is 0. The molecule has 0 atom stereocenters. The van der Waals surface area contributed by atoms with Crippen molar-refractivity contribution >= 4 is 28.8 Å². The van der Waals surface area contributed by atoms with Crippen LogP contribution in [0.15, 0.2) is 58.4 Å². The normalized spacial score (nSPS) is 11.2. The molecule has 0 aliphatic heterocycles. The second-order valence-corrected chi connectivity index (χ2v) is 6.18. The lowest BCUT2D eigenvalue weighted by molar-refractivity contribution is -0.384. The fraction of sp³-hybridized carbons (Fsp3) is 0.250. The molecule has 9 heteroatoms. The van der Waals surface area contributed by atoms with Gasteiger partial charge in [-0.15, -0.1) is 0 Å². The van der Waals surface area contributed by atoms with Gasteiger partial charge in [0.05, 0.1) is 22.0 Å². The number of para-hydroxylation sites is 1. The third-order valence-corrected chi connectivity index (χ3v) is 4.20. The summed E-state index contributed by atoms with van der Waals surface area (Å²) in [6, 6.07) is 13.2. The Morgan fingerprint density at radius 2 is 2.10 bits per heavy atom. The van der Waals surface area contributed by atoms with E-state index in [0.29, 0.717) is 48.6 Å². The minimum Gasteiger partial charge on any atom is -0.382 e. The summed E-state index contributed by atoms with van der Waals surface area (Å²) in [6.45, 7) is 3.49. The molecule has 0 bridgehead atoms. The van der Waals surface area contributed by atoms with Gasteiger partial charge in [-0.2, -0.15) is 5.10 Å². The first-order valence-corrected chi connectivity index (χ1v) is 9.21. The summed E-state index contributed by atoms with van der Waals surface area (Å²) in [6.07, 6.45) is 2.09. The molecule has 1 N–H and O–H groups in total. The van der Waals surface area contributed by atoms with Crippen molar-refractivity contribution in [3.05, 3.63) is 74.6 Å². The number of aromatic nitrogens is 2. The van der Waals surface area contributed by atoms with Crippen LogP contribution >= 0.6 is 0 Å². The van der Waals surface area contributed by atoms with Gasteiger partial charge in [-0.1, -0.05) is 24.3 Å². The van der Waals surface area contributed by atoms with E-state index in [1.165, 1.54) is 22.9 Å². The monoisotopic (exact) mass is 395 g/mol. The summed E-state index contributed by atoms with van der Waals surface area (Å²) in [7, 11) is 0. The summed E-state index contributed by atoms with van der Waals surface area (Å²) in [5.41, 5.74) is 3.72. The Morgan fingerprint density at radius 3 is 2.90 bits per heavy atom. The van der Waals surface area contributed by atoms with Gasteiger partial charge in [0.15, 0.2) is 0 Å². The molecule has 0 amide bonds. The van der Waals surface area contributed by atoms with Crippen molar-refractivity contribution in [1.82, 2.24) is 9.55 Å². The van der Waals surface area contributed by atoms with Crippen LogP contribution in [0.1, 0.15) is 18.9 Å². The van der Waals surface area contributed by atoms with E-state index in [0.717, 1.165) is 0 Å². The number of hydrogen-bond donors (Lipinski definition) is 1. The molecule has 0 saturated heterocycles. The van der Waals surface area contributed by atoms with Gasteiger partial charge in [0, 0.05) is 37.5 Å². The van der Waals surface area contributed by atoms with E-state index in [-0.39, 0.29) is 11.2 Å². The quantitative estimate of drug-likeness (QED) is 0.258. The van der Waals surface area contributed by atoms with E-state index in [4.69, 9.17) is 4.74 Å². The lowest BCUT2D eigenvalue weighted by Gasteiger charge is -2.12. The second kappa shape index (κ2) is 9.56. The molecular formula is C20H21N5O4. The van der Waals surface area contributed by atoms with Crippen LogP contribution in [0.25, 0.3) is 10.9 Å². The van der Waals surface area contributed by atoms with Gasteiger partial charge in [0.1, 0.15) is 0 Å². The molecule has 29 heavy (non-hydrogen) atoms. The second-order valence-electron chi connectivity index (χ2n) is 6.18. The number of benzene rings is 2. The molecule has 9 nitrogen and oxygen atoms in total. The zero-order chi connectivity index (χ0) is 20.6.